The fraction of sp³-hybridized carbons (Fsp3) is 0.400. The van der Waals surface area contributed by atoms with Crippen molar-refractivity contribution in [3.05, 3.63) is 23.8 Å². The highest BCUT2D eigenvalue weighted by Gasteiger charge is 2.42. The van der Waals surface area contributed by atoms with Crippen molar-refractivity contribution in [2.45, 2.75) is 18.4 Å². The normalized spacial score (nSPS) is 17.5. The summed E-state index contributed by atoms with van der Waals surface area (Å²) in [4.78, 5) is 0. The molecule has 0 unspecified atom stereocenters. The second kappa shape index (κ2) is 3.34. The number of halogens is 2. The summed E-state index contributed by atoms with van der Waals surface area (Å²) >= 11 is 0. The first kappa shape index (κ1) is 10.2. The highest BCUT2D eigenvalue weighted by molar-refractivity contribution is 5.68. The standard InChI is InChI=1S/C10H12F2N2O/c11-6-3-7(12)9(13)8(4-6)14-10(5-15)1-2-10/h3-4,14-15H,1-2,5,13H2. The van der Waals surface area contributed by atoms with Crippen molar-refractivity contribution >= 4 is 11.4 Å². The minimum Gasteiger partial charge on any atom is -0.395 e. The van der Waals surface area contributed by atoms with Crippen LogP contribution in [0.4, 0.5) is 20.2 Å². The van der Waals surface area contributed by atoms with Crippen molar-refractivity contribution < 1.29 is 13.9 Å². The lowest BCUT2D eigenvalue weighted by Gasteiger charge is -2.17. The van der Waals surface area contributed by atoms with Crippen LogP contribution in [0.5, 0.6) is 0 Å². The molecule has 0 amide bonds. The van der Waals surface area contributed by atoms with E-state index in [1.165, 1.54) is 0 Å². The molecule has 0 radical (unpaired) electrons. The fourth-order valence-electron chi connectivity index (χ4n) is 1.45. The van der Waals surface area contributed by atoms with Gasteiger partial charge in [0.25, 0.3) is 0 Å². The van der Waals surface area contributed by atoms with Gasteiger partial charge in [0.2, 0.25) is 0 Å². The molecule has 1 saturated carbocycles. The summed E-state index contributed by atoms with van der Waals surface area (Å²) in [6.45, 7) is -0.0649. The zero-order valence-corrected chi connectivity index (χ0v) is 8.06. The van der Waals surface area contributed by atoms with Crippen LogP contribution in [0, 0.1) is 11.6 Å². The second-order valence-corrected chi connectivity index (χ2v) is 3.91. The van der Waals surface area contributed by atoms with Crippen LogP contribution in [-0.4, -0.2) is 17.3 Å². The maximum Gasteiger partial charge on any atom is 0.151 e. The molecule has 0 spiro atoms. The molecule has 1 aromatic carbocycles. The van der Waals surface area contributed by atoms with Gasteiger partial charge in [0, 0.05) is 6.07 Å². The summed E-state index contributed by atoms with van der Waals surface area (Å²) in [6, 6.07) is 1.87. The van der Waals surface area contributed by atoms with Gasteiger partial charge >= 0.3 is 0 Å². The smallest absolute Gasteiger partial charge is 0.151 e. The molecule has 0 bridgehead atoms. The first-order valence-electron chi connectivity index (χ1n) is 4.70. The number of hydrogen-bond donors (Lipinski definition) is 3. The molecule has 4 N–H and O–H groups in total. The molecular weight excluding hydrogens is 202 g/mol. The quantitative estimate of drug-likeness (QED) is 0.668. The van der Waals surface area contributed by atoms with Gasteiger partial charge in [0.15, 0.2) is 5.82 Å². The Balaban J connectivity index is 2.28. The molecule has 3 nitrogen and oxygen atoms in total. The van der Waals surface area contributed by atoms with Crippen LogP contribution in [0.1, 0.15) is 12.8 Å². The van der Waals surface area contributed by atoms with Crippen LogP contribution >= 0.6 is 0 Å². The van der Waals surface area contributed by atoms with Crippen molar-refractivity contribution in [1.82, 2.24) is 0 Å². The van der Waals surface area contributed by atoms with Gasteiger partial charge in [0.1, 0.15) is 5.82 Å². The van der Waals surface area contributed by atoms with E-state index >= 15 is 0 Å². The molecule has 1 aliphatic carbocycles. The van der Waals surface area contributed by atoms with Gasteiger partial charge in [-0.25, -0.2) is 8.78 Å². The predicted octanol–water partition coefficient (Wildman–Crippen LogP) is 1.48. The molecule has 0 atom stereocenters. The van der Waals surface area contributed by atoms with Gasteiger partial charge in [-0.3, -0.25) is 0 Å². The third kappa shape index (κ3) is 1.87. The van der Waals surface area contributed by atoms with E-state index < -0.39 is 17.2 Å². The maximum absolute atomic E-state index is 13.1. The molecule has 5 heteroatoms. The van der Waals surface area contributed by atoms with E-state index in [1.54, 1.807) is 0 Å². The van der Waals surface area contributed by atoms with Gasteiger partial charge in [-0.05, 0) is 18.9 Å². The van der Waals surface area contributed by atoms with Gasteiger partial charge in [-0.15, -0.1) is 0 Å². The van der Waals surface area contributed by atoms with Crippen molar-refractivity contribution in [2.75, 3.05) is 17.7 Å². The van der Waals surface area contributed by atoms with Crippen LogP contribution in [0.2, 0.25) is 0 Å². The maximum atomic E-state index is 13.1. The molecule has 15 heavy (non-hydrogen) atoms. The number of benzene rings is 1. The molecule has 0 aliphatic heterocycles. The first-order valence-corrected chi connectivity index (χ1v) is 4.70. The van der Waals surface area contributed by atoms with Crippen LogP contribution in [-0.2, 0) is 0 Å². The van der Waals surface area contributed by atoms with E-state index in [0.717, 1.165) is 25.0 Å². The number of nitrogens with two attached hydrogens (primary N) is 1. The third-order valence-electron chi connectivity index (χ3n) is 2.65. The summed E-state index contributed by atoms with van der Waals surface area (Å²) in [5.74, 6) is -1.47. The van der Waals surface area contributed by atoms with Crippen molar-refractivity contribution in [3.8, 4) is 0 Å². The molecular formula is C10H12F2N2O. The predicted molar refractivity (Wildman–Crippen MR) is 53.4 cm³/mol. The first-order chi connectivity index (χ1) is 7.06. The van der Waals surface area contributed by atoms with E-state index in [0.29, 0.717) is 0 Å². The average molecular weight is 214 g/mol. The zero-order chi connectivity index (χ0) is 11.1. The summed E-state index contributed by atoms with van der Waals surface area (Å²) < 4.78 is 26.0. The average Bonchev–Trinajstić information content (AvgIpc) is 2.94. The fourth-order valence-corrected chi connectivity index (χ4v) is 1.45. The Labute approximate surface area is 85.9 Å². The molecule has 0 saturated heterocycles. The number of nitrogens with one attached hydrogen (secondary N) is 1. The number of rotatable bonds is 3. The van der Waals surface area contributed by atoms with E-state index in [-0.39, 0.29) is 18.0 Å². The SMILES string of the molecule is Nc1c(F)cc(F)cc1NC1(CO)CC1. The Morgan fingerprint density at radius 1 is 1.40 bits per heavy atom. The van der Waals surface area contributed by atoms with Crippen LogP contribution in [0.15, 0.2) is 12.1 Å². The molecule has 1 aliphatic rings. The number of nitrogen functional groups attached to an aromatic ring is 1. The highest BCUT2D eigenvalue weighted by Crippen LogP contribution is 2.40. The van der Waals surface area contributed by atoms with Gasteiger partial charge in [0.05, 0.1) is 23.5 Å². The van der Waals surface area contributed by atoms with Crippen molar-refractivity contribution in [3.63, 3.8) is 0 Å². The van der Waals surface area contributed by atoms with Gasteiger partial charge < -0.3 is 16.2 Å². The minimum atomic E-state index is -0.786. The summed E-state index contributed by atoms with van der Waals surface area (Å²) in [5.41, 5.74) is 5.11. The molecule has 0 heterocycles. The minimum absolute atomic E-state index is 0.0649. The van der Waals surface area contributed by atoms with Crippen LogP contribution in [0.3, 0.4) is 0 Å². The Hall–Kier alpha value is -1.36. The Morgan fingerprint density at radius 3 is 2.60 bits per heavy atom. The van der Waals surface area contributed by atoms with E-state index in [1.807, 2.05) is 0 Å². The van der Waals surface area contributed by atoms with E-state index in [4.69, 9.17) is 10.8 Å². The lowest BCUT2D eigenvalue weighted by atomic mass is 10.2. The third-order valence-corrected chi connectivity index (χ3v) is 2.65. The number of anilines is 2. The van der Waals surface area contributed by atoms with Gasteiger partial charge in [-0.1, -0.05) is 0 Å². The summed E-state index contributed by atoms with van der Waals surface area (Å²) in [6.07, 6.45) is 1.56. The second-order valence-electron chi connectivity index (χ2n) is 3.91. The Kier molecular flexibility index (Phi) is 2.26. The Morgan fingerprint density at radius 2 is 2.07 bits per heavy atom. The molecule has 1 fully saturated rings. The number of aliphatic hydroxyl groups excluding tert-OH is 1. The number of aliphatic hydroxyl groups is 1. The van der Waals surface area contributed by atoms with Crippen molar-refractivity contribution in [2.24, 2.45) is 0 Å². The highest BCUT2D eigenvalue weighted by atomic mass is 19.1. The Bertz CT molecular complexity index is 391. The largest absolute Gasteiger partial charge is 0.395 e. The zero-order valence-electron chi connectivity index (χ0n) is 8.06. The molecule has 0 aromatic heterocycles. The molecule has 82 valence electrons. The lowest BCUT2D eigenvalue weighted by molar-refractivity contribution is 0.266. The monoisotopic (exact) mass is 214 g/mol. The topological polar surface area (TPSA) is 58.3 Å². The van der Waals surface area contributed by atoms with E-state index in [9.17, 15) is 8.78 Å². The van der Waals surface area contributed by atoms with Gasteiger partial charge in [-0.2, -0.15) is 0 Å². The molecule has 2 rings (SSSR count). The van der Waals surface area contributed by atoms with E-state index in [2.05, 4.69) is 5.32 Å². The summed E-state index contributed by atoms with van der Waals surface area (Å²) in [7, 11) is 0. The lowest BCUT2D eigenvalue weighted by Crippen LogP contribution is -2.26. The summed E-state index contributed by atoms with van der Waals surface area (Å²) in [5, 5.41) is 11.9. The van der Waals surface area contributed by atoms with Crippen LogP contribution in [0.25, 0.3) is 0 Å². The van der Waals surface area contributed by atoms with Crippen LogP contribution < -0.4 is 11.1 Å². The number of hydrogen-bond acceptors (Lipinski definition) is 3. The molecule has 1 aromatic rings. The van der Waals surface area contributed by atoms with Crippen molar-refractivity contribution in [1.29, 1.82) is 0 Å².